The number of carbonyl (C=O) groups is 1. The molecule has 0 bridgehead atoms. The Morgan fingerprint density at radius 1 is 0.963 bits per heavy atom. The number of anilines is 2. The molecule has 2 rings (SSSR count). The lowest BCUT2D eigenvalue weighted by molar-refractivity contribution is -0.116. The molecule has 0 heterocycles. The van der Waals surface area contributed by atoms with Gasteiger partial charge in [-0.05, 0) is 64.8 Å². The zero-order chi connectivity index (χ0) is 20.0. The van der Waals surface area contributed by atoms with Gasteiger partial charge in [0.2, 0.25) is 5.91 Å². The van der Waals surface area contributed by atoms with Crippen LogP contribution >= 0.6 is 0 Å². The predicted molar refractivity (Wildman–Crippen MR) is 111 cm³/mol. The van der Waals surface area contributed by atoms with Gasteiger partial charge in [-0.15, -0.1) is 0 Å². The molecule has 1 amide bonds. The molecule has 0 spiro atoms. The molecule has 0 fully saturated rings. The fourth-order valence-electron chi connectivity index (χ4n) is 3.07. The lowest BCUT2D eigenvalue weighted by Crippen LogP contribution is -2.32. The molecule has 1 unspecified atom stereocenters. The van der Waals surface area contributed by atoms with E-state index in [-0.39, 0.29) is 5.91 Å². The topological polar surface area (TPSA) is 59.6 Å². The van der Waals surface area contributed by atoms with Gasteiger partial charge in [-0.2, -0.15) is 0 Å². The van der Waals surface area contributed by atoms with Gasteiger partial charge in [-0.1, -0.05) is 17.7 Å². The van der Waals surface area contributed by atoms with Gasteiger partial charge >= 0.3 is 0 Å². The molecule has 5 heteroatoms. The SMILES string of the molecule is CCOc1ccc(NC(C)C(=O)Nc2c(C)cc(C)cc2C)cc1OCC. The predicted octanol–water partition coefficient (Wildman–Crippen LogP) is 4.85. The fourth-order valence-corrected chi connectivity index (χ4v) is 3.07. The molecule has 0 saturated heterocycles. The molecule has 0 saturated carbocycles. The number of hydrogen-bond acceptors (Lipinski definition) is 4. The summed E-state index contributed by atoms with van der Waals surface area (Å²) in [4.78, 5) is 12.7. The third-order valence-electron chi connectivity index (χ3n) is 4.25. The number of benzene rings is 2. The van der Waals surface area contributed by atoms with E-state index in [1.807, 2.05) is 52.8 Å². The van der Waals surface area contributed by atoms with E-state index in [2.05, 4.69) is 29.7 Å². The molecule has 0 aliphatic rings. The number of carbonyl (C=O) groups excluding carboxylic acids is 1. The average Bonchev–Trinajstić information content (AvgIpc) is 2.60. The lowest BCUT2D eigenvalue weighted by Gasteiger charge is -2.19. The van der Waals surface area contributed by atoms with Crippen molar-refractivity contribution >= 4 is 17.3 Å². The monoisotopic (exact) mass is 370 g/mol. The first-order valence-corrected chi connectivity index (χ1v) is 9.40. The second kappa shape index (κ2) is 9.31. The van der Waals surface area contributed by atoms with Crippen LogP contribution < -0.4 is 20.1 Å². The van der Waals surface area contributed by atoms with Gasteiger partial charge in [0.1, 0.15) is 6.04 Å². The maximum atomic E-state index is 12.7. The highest BCUT2D eigenvalue weighted by atomic mass is 16.5. The van der Waals surface area contributed by atoms with Crippen molar-refractivity contribution in [2.75, 3.05) is 23.8 Å². The lowest BCUT2D eigenvalue weighted by atomic mass is 10.0. The van der Waals surface area contributed by atoms with Crippen molar-refractivity contribution in [2.45, 2.75) is 47.6 Å². The second-order valence-electron chi connectivity index (χ2n) is 6.66. The van der Waals surface area contributed by atoms with E-state index in [0.29, 0.717) is 24.7 Å². The smallest absolute Gasteiger partial charge is 0.246 e. The fraction of sp³-hybridized carbons (Fsp3) is 0.409. The van der Waals surface area contributed by atoms with Crippen LogP contribution in [0.3, 0.4) is 0 Å². The van der Waals surface area contributed by atoms with E-state index >= 15 is 0 Å². The third kappa shape index (κ3) is 5.39. The number of hydrogen-bond donors (Lipinski definition) is 2. The summed E-state index contributed by atoms with van der Waals surface area (Å²) in [6.45, 7) is 12.9. The summed E-state index contributed by atoms with van der Waals surface area (Å²) in [5, 5.41) is 6.27. The van der Waals surface area contributed by atoms with Crippen molar-refractivity contribution in [1.82, 2.24) is 0 Å². The Bertz CT molecular complexity index is 779. The Hall–Kier alpha value is -2.69. The van der Waals surface area contributed by atoms with Crippen LogP contribution in [-0.4, -0.2) is 25.2 Å². The number of rotatable bonds is 8. The Balaban J connectivity index is 2.11. The van der Waals surface area contributed by atoms with Gasteiger partial charge in [0.25, 0.3) is 0 Å². The molecule has 5 nitrogen and oxygen atoms in total. The molecule has 2 N–H and O–H groups in total. The van der Waals surface area contributed by atoms with Crippen LogP contribution in [0.25, 0.3) is 0 Å². The van der Waals surface area contributed by atoms with Gasteiger partial charge in [-0.3, -0.25) is 4.79 Å². The summed E-state index contributed by atoms with van der Waals surface area (Å²) >= 11 is 0. The summed E-state index contributed by atoms with van der Waals surface area (Å²) in [5.74, 6) is 1.28. The first-order chi connectivity index (χ1) is 12.8. The van der Waals surface area contributed by atoms with E-state index in [1.165, 1.54) is 5.56 Å². The van der Waals surface area contributed by atoms with E-state index in [0.717, 1.165) is 22.5 Å². The molecule has 2 aromatic carbocycles. The Morgan fingerprint density at radius 3 is 2.15 bits per heavy atom. The second-order valence-corrected chi connectivity index (χ2v) is 6.66. The van der Waals surface area contributed by atoms with Gasteiger partial charge in [0.05, 0.1) is 13.2 Å². The summed E-state index contributed by atoms with van der Waals surface area (Å²) in [5.41, 5.74) is 5.00. The number of aryl methyl sites for hydroxylation is 3. The summed E-state index contributed by atoms with van der Waals surface area (Å²) < 4.78 is 11.2. The maximum absolute atomic E-state index is 12.7. The molecule has 146 valence electrons. The Kier molecular flexibility index (Phi) is 7.11. The molecule has 0 aromatic heterocycles. The zero-order valence-electron chi connectivity index (χ0n) is 17.1. The molecule has 0 radical (unpaired) electrons. The minimum atomic E-state index is -0.405. The van der Waals surface area contributed by atoms with Crippen LogP contribution in [0, 0.1) is 20.8 Å². The first-order valence-electron chi connectivity index (χ1n) is 9.40. The van der Waals surface area contributed by atoms with Gasteiger partial charge < -0.3 is 20.1 Å². The minimum Gasteiger partial charge on any atom is -0.490 e. The Morgan fingerprint density at radius 2 is 1.56 bits per heavy atom. The Labute approximate surface area is 162 Å². The third-order valence-corrected chi connectivity index (χ3v) is 4.25. The quantitative estimate of drug-likeness (QED) is 0.697. The van der Waals surface area contributed by atoms with E-state index in [4.69, 9.17) is 9.47 Å². The standard InChI is InChI=1S/C22H30N2O3/c1-7-26-19-10-9-18(13-20(19)27-8-2)23-17(6)22(25)24-21-15(4)11-14(3)12-16(21)5/h9-13,17,23H,7-8H2,1-6H3,(H,24,25). The highest BCUT2D eigenvalue weighted by molar-refractivity contribution is 5.97. The minimum absolute atomic E-state index is 0.0862. The molecule has 0 aliphatic heterocycles. The van der Waals surface area contributed by atoms with Crippen LogP contribution in [0.4, 0.5) is 11.4 Å². The van der Waals surface area contributed by atoms with Gasteiger partial charge in [-0.25, -0.2) is 0 Å². The number of nitrogens with one attached hydrogen (secondary N) is 2. The number of ether oxygens (including phenoxy) is 2. The maximum Gasteiger partial charge on any atom is 0.246 e. The molecule has 2 aromatic rings. The molecule has 0 aliphatic carbocycles. The van der Waals surface area contributed by atoms with E-state index in [1.54, 1.807) is 0 Å². The largest absolute Gasteiger partial charge is 0.490 e. The van der Waals surface area contributed by atoms with Crippen molar-refractivity contribution in [2.24, 2.45) is 0 Å². The number of amides is 1. The van der Waals surface area contributed by atoms with Crippen LogP contribution in [0.2, 0.25) is 0 Å². The summed E-state index contributed by atoms with van der Waals surface area (Å²) in [7, 11) is 0. The molecular weight excluding hydrogens is 340 g/mol. The summed E-state index contributed by atoms with van der Waals surface area (Å²) in [6, 6.07) is 9.34. The van der Waals surface area contributed by atoms with Crippen LogP contribution in [0.15, 0.2) is 30.3 Å². The van der Waals surface area contributed by atoms with Gasteiger partial charge in [0, 0.05) is 17.4 Å². The normalized spacial score (nSPS) is 11.6. The first kappa shape index (κ1) is 20.6. The highest BCUT2D eigenvalue weighted by Gasteiger charge is 2.16. The van der Waals surface area contributed by atoms with Crippen molar-refractivity contribution in [3.8, 4) is 11.5 Å². The molecule has 27 heavy (non-hydrogen) atoms. The van der Waals surface area contributed by atoms with Crippen molar-refractivity contribution in [3.05, 3.63) is 47.0 Å². The summed E-state index contributed by atoms with van der Waals surface area (Å²) in [6.07, 6.45) is 0. The molecular formula is C22H30N2O3. The van der Waals surface area contributed by atoms with Crippen molar-refractivity contribution < 1.29 is 14.3 Å². The van der Waals surface area contributed by atoms with Crippen LogP contribution in [0.5, 0.6) is 11.5 Å². The average molecular weight is 370 g/mol. The van der Waals surface area contributed by atoms with Gasteiger partial charge in [0.15, 0.2) is 11.5 Å². The highest BCUT2D eigenvalue weighted by Crippen LogP contribution is 2.31. The van der Waals surface area contributed by atoms with E-state index in [9.17, 15) is 4.79 Å². The zero-order valence-corrected chi connectivity index (χ0v) is 17.1. The molecule has 1 atom stereocenters. The van der Waals surface area contributed by atoms with Crippen molar-refractivity contribution in [3.63, 3.8) is 0 Å². The van der Waals surface area contributed by atoms with Crippen molar-refractivity contribution in [1.29, 1.82) is 0 Å². The van der Waals surface area contributed by atoms with Crippen LogP contribution in [-0.2, 0) is 4.79 Å². The van der Waals surface area contributed by atoms with Crippen LogP contribution in [0.1, 0.15) is 37.5 Å². The van der Waals surface area contributed by atoms with E-state index < -0.39 is 6.04 Å².